The van der Waals surface area contributed by atoms with Crippen molar-refractivity contribution in [3.8, 4) is 0 Å². The number of thiocarbonyl (C=S) groups is 1. The van der Waals surface area contributed by atoms with E-state index in [0.717, 1.165) is 11.8 Å². The Morgan fingerprint density at radius 1 is 1.43 bits per heavy atom. The zero-order chi connectivity index (χ0) is 20.6. The molecule has 6 nitrogen and oxygen atoms in total. The molecule has 0 unspecified atom stereocenters. The van der Waals surface area contributed by atoms with E-state index in [0.29, 0.717) is 6.42 Å². The smallest absolute Gasteiger partial charge is 0.266 e. The van der Waals surface area contributed by atoms with Crippen molar-refractivity contribution in [2.24, 2.45) is 0 Å². The number of hydrogen-bond acceptors (Lipinski definition) is 6. The minimum Gasteiger partial charge on any atom is -0.340 e. The Bertz CT molecular complexity index is 977. The summed E-state index contributed by atoms with van der Waals surface area (Å²) in [6.45, 7) is 1.55. The number of sulfone groups is 1. The summed E-state index contributed by atoms with van der Waals surface area (Å²) in [7, 11) is -1.60. The summed E-state index contributed by atoms with van der Waals surface area (Å²) in [4.78, 5) is 28.4. The molecule has 0 spiro atoms. The molecule has 0 N–H and O–H groups in total. The van der Waals surface area contributed by atoms with E-state index in [1.54, 1.807) is 25.1 Å². The van der Waals surface area contributed by atoms with E-state index in [9.17, 15) is 22.4 Å². The molecule has 2 heterocycles. The number of thioether (sulfide) groups is 1. The van der Waals surface area contributed by atoms with E-state index >= 15 is 0 Å². The second-order valence-corrected chi connectivity index (χ2v) is 10.7. The summed E-state index contributed by atoms with van der Waals surface area (Å²) < 4.78 is 37.4. The molecule has 0 saturated carbocycles. The lowest BCUT2D eigenvalue weighted by Crippen LogP contribution is -2.50. The second kappa shape index (κ2) is 7.92. The zero-order valence-corrected chi connectivity index (χ0v) is 17.7. The van der Waals surface area contributed by atoms with Gasteiger partial charge in [0, 0.05) is 18.7 Å². The first-order valence-electron chi connectivity index (χ1n) is 8.59. The topological polar surface area (TPSA) is 74.8 Å². The molecule has 0 radical (unpaired) electrons. The Balaban J connectivity index is 1.77. The summed E-state index contributed by atoms with van der Waals surface area (Å²) >= 11 is 6.27. The number of carbonyl (C=O) groups excluding carboxylic acids is 2. The molecule has 2 fully saturated rings. The summed E-state index contributed by atoms with van der Waals surface area (Å²) in [5, 5.41) is 0. The molecule has 2 saturated heterocycles. The Morgan fingerprint density at radius 2 is 2.11 bits per heavy atom. The van der Waals surface area contributed by atoms with Crippen molar-refractivity contribution in [3.05, 3.63) is 40.6 Å². The summed E-state index contributed by atoms with van der Waals surface area (Å²) in [5.74, 6) is -1.33. The van der Waals surface area contributed by atoms with Crippen molar-refractivity contribution in [2.75, 3.05) is 18.6 Å². The van der Waals surface area contributed by atoms with Gasteiger partial charge in [0.15, 0.2) is 9.84 Å². The lowest BCUT2D eigenvalue weighted by molar-refractivity contribution is -0.139. The first kappa shape index (κ1) is 20.9. The van der Waals surface area contributed by atoms with Gasteiger partial charge in [0.25, 0.3) is 5.91 Å². The molecule has 2 atom stereocenters. The molecule has 1 aromatic rings. The van der Waals surface area contributed by atoms with Crippen LogP contribution in [0.4, 0.5) is 4.39 Å². The normalized spacial score (nSPS) is 24.0. The first-order chi connectivity index (χ1) is 13.1. The molecule has 2 aliphatic rings. The molecule has 1 aromatic carbocycles. The maximum atomic E-state index is 13.9. The van der Waals surface area contributed by atoms with E-state index in [1.807, 2.05) is 0 Å². The van der Waals surface area contributed by atoms with E-state index in [2.05, 4.69) is 0 Å². The standard InChI is InChI=1S/C18H19FN2O4S3/c1-11(16(22)20(2)13-7-8-28(24,25)10-13)21-17(23)15(27-18(21)26)9-12-5-3-4-6-14(12)19/h3-6,9,11,13H,7-8,10H2,1-2H3/b15-9-/t11-,13+/m1/s1. The molecule has 0 aliphatic carbocycles. The lowest BCUT2D eigenvalue weighted by atomic mass is 10.1. The minimum atomic E-state index is -3.14. The van der Waals surface area contributed by atoms with Crippen LogP contribution in [0.3, 0.4) is 0 Å². The predicted octanol–water partition coefficient (Wildman–Crippen LogP) is 2.06. The molecular weight excluding hydrogens is 423 g/mol. The van der Waals surface area contributed by atoms with Crippen LogP contribution >= 0.6 is 24.0 Å². The molecule has 0 aromatic heterocycles. The van der Waals surface area contributed by atoms with E-state index in [1.165, 1.54) is 29.0 Å². The molecule has 10 heteroatoms. The molecule has 28 heavy (non-hydrogen) atoms. The third kappa shape index (κ3) is 4.13. The number of carbonyl (C=O) groups is 2. The Hall–Kier alpha value is -1.78. The summed E-state index contributed by atoms with van der Waals surface area (Å²) in [6.07, 6.45) is 1.79. The number of hydrogen-bond donors (Lipinski definition) is 0. The van der Waals surface area contributed by atoms with Gasteiger partial charge < -0.3 is 4.90 Å². The largest absolute Gasteiger partial charge is 0.340 e. The fraction of sp³-hybridized carbons (Fsp3) is 0.389. The van der Waals surface area contributed by atoms with Crippen molar-refractivity contribution < 1.29 is 22.4 Å². The van der Waals surface area contributed by atoms with Crippen molar-refractivity contribution in [2.45, 2.75) is 25.4 Å². The summed E-state index contributed by atoms with van der Waals surface area (Å²) in [5.41, 5.74) is 0.259. The minimum absolute atomic E-state index is 0.0517. The SMILES string of the molecule is C[C@H](C(=O)N(C)[C@H]1CCS(=O)(=O)C1)N1C(=O)/C(=C/c2ccccc2F)SC1=S. The van der Waals surface area contributed by atoms with Gasteiger partial charge in [-0.25, -0.2) is 12.8 Å². The third-order valence-electron chi connectivity index (χ3n) is 4.86. The fourth-order valence-corrected chi connectivity index (χ4v) is 6.40. The van der Waals surface area contributed by atoms with Crippen molar-refractivity contribution >= 4 is 56.0 Å². The van der Waals surface area contributed by atoms with Crippen LogP contribution in [0.15, 0.2) is 29.2 Å². The maximum absolute atomic E-state index is 13.9. The molecule has 2 aliphatic heterocycles. The molecule has 2 amide bonds. The van der Waals surface area contributed by atoms with Crippen LogP contribution in [0, 0.1) is 5.82 Å². The van der Waals surface area contributed by atoms with Gasteiger partial charge in [-0.2, -0.15) is 0 Å². The average molecular weight is 443 g/mol. The highest BCUT2D eigenvalue weighted by Crippen LogP contribution is 2.34. The van der Waals surface area contributed by atoms with E-state index in [4.69, 9.17) is 12.2 Å². The highest BCUT2D eigenvalue weighted by molar-refractivity contribution is 8.26. The number of likely N-dealkylation sites (N-methyl/N-ethyl adjacent to an activating group) is 1. The van der Waals surface area contributed by atoms with E-state index < -0.39 is 33.6 Å². The first-order valence-corrected chi connectivity index (χ1v) is 11.6. The van der Waals surface area contributed by atoms with Gasteiger partial charge >= 0.3 is 0 Å². The van der Waals surface area contributed by atoms with Crippen molar-refractivity contribution in [1.29, 1.82) is 0 Å². The average Bonchev–Trinajstić information content (AvgIpc) is 3.14. The van der Waals surface area contributed by atoms with Crippen LogP contribution < -0.4 is 0 Å². The fourth-order valence-electron chi connectivity index (χ4n) is 3.21. The Morgan fingerprint density at radius 3 is 2.71 bits per heavy atom. The predicted molar refractivity (Wildman–Crippen MR) is 111 cm³/mol. The van der Waals surface area contributed by atoms with Gasteiger partial charge in [-0.1, -0.05) is 42.2 Å². The second-order valence-electron chi connectivity index (χ2n) is 6.76. The van der Waals surface area contributed by atoms with Crippen LogP contribution in [0.5, 0.6) is 0 Å². The number of rotatable bonds is 4. The zero-order valence-electron chi connectivity index (χ0n) is 15.3. The van der Waals surface area contributed by atoms with Crippen molar-refractivity contribution in [3.63, 3.8) is 0 Å². The lowest BCUT2D eigenvalue weighted by Gasteiger charge is -2.30. The molecule has 0 bridgehead atoms. The maximum Gasteiger partial charge on any atom is 0.266 e. The van der Waals surface area contributed by atoms with Crippen LogP contribution in [-0.2, 0) is 19.4 Å². The molecule has 3 rings (SSSR count). The highest BCUT2D eigenvalue weighted by atomic mass is 32.2. The van der Waals surface area contributed by atoms with Gasteiger partial charge in [-0.15, -0.1) is 0 Å². The number of nitrogens with zero attached hydrogens (tertiary/aromatic N) is 2. The van der Waals surface area contributed by atoms with Gasteiger partial charge in [0.2, 0.25) is 5.91 Å². The third-order valence-corrected chi connectivity index (χ3v) is 7.94. The van der Waals surface area contributed by atoms with Crippen LogP contribution in [-0.4, -0.2) is 65.0 Å². The summed E-state index contributed by atoms with van der Waals surface area (Å²) in [6, 6.07) is 4.76. The van der Waals surface area contributed by atoms with E-state index in [-0.39, 0.29) is 32.2 Å². The van der Waals surface area contributed by atoms with Crippen LogP contribution in [0.2, 0.25) is 0 Å². The van der Waals surface area contributed by atoms with Crippen LogP contribution in [0.25, 0.3) is 6.08 Å². The Kier molecular flexibility index (Phi) is 5.92. The quantitative estimate of drug-likeness (QED) is 0.525. The monoisotopic (exact) mass is 442 g/mol. The van der Waals surface area contributed by atoms with Gasteiger partial charge in [0.1, 0.15) is 16.2 Å². The van der Waals surface area contributed by atoms with Gasteiger partial charge in [0.05, 0.1) is 16.4 Å². The Labute approximate surface area is 172 Å². The number of amides is 2. The number of benzene rings is 1. The van der Waals surface area contributed by atoms with Crippen LogP contribution in [0.1, 0.15) is 18.9 Å². The highest BCUT2D eigenvalue weighted by Gasteiger charge is 2.41. The van der Waals surface area contributed by atoms with Crippen molar-refractivity contribution in [1.82, 2.24) is 9.80 Å². The number of halogens is 1. The van der Waals surface area contributed by atoms with Gasteiger partial charge in [-0.3, -0.25) is 14.5 Å². The molecular formula is C18H19FN2O4S3. The van der Waals surface area contributed by atoms with Gasteiger partial charge in [-0.05, 0) is 25.5 Å². The molecule has 150 valence electrons.